The third-order valence-corrected chi connectivity index (χ3v) is 11.9. The number of piperidine rings is 1. The van der Waals surface area contributed by atoms with E-state index in [0.717, 1.165) is 25.9 Å². The van der Waals surface area contributed by atoms with Crippen LogP contribution in [0.25, 0.3) is 0 Å². The molecule has 7 fully saturated rings. The Morgan fingerprint density at radius 3 is 2.60 bits per heavy atom. The summed E-state index contributed by atoms with van der Waals surface area (Å²) in [5.74, 6) is -1.16. The van der Waals surface area contributed by atoms with E-state index >= 15 is 0 Å². The molecular formula is C26H39NO8. The number of fused-ring (bicyclic) bond motifs is 1. The molecule has 0 amide bonds. The maximum absolute atomic E-state index is 13.3. The zero-order valence-electron chi connectivity index (χ0n) is 21.4. The molecule has 2 aliphatic heterocycles. The summed E-state index contributed by atoms with van der Waals surface area (Å²) in [5, 5.41) is 24.7. The number of likely N-dealkylation sites (tertiary alicyclic amines) is 1. The number of esters is 1. The Balaban J connectivity index is 1.62. The molecule has 2 saturated heterocycles. The second-order valence-corrected chi connectivity index (χ2v) is 12.7. The van der Waals surface area contributed by atoms with Gasteiger partial charge in [0.25, 0.3) is 0 Å². The zero-order valence-corrected chi connectivity index (χ0v) is 21.4. The topological polar surface area (TPSA) is 107 Å². The van der Waals surface area contributed by atoms with Gasteiger partial charge in [0.05, 0.1) is 35.4 Å². The number of carbonyl (C=O) groups is 1. The first-order valence-corrected chi connectivity index (χ1v) is 13.3. The molecule has 0 aromatic rings. The van der Waals surface area contributed by atoms with Gasteiger partial charge in [0.15, 0.2) is 5.60 Å². The quantitative estimate of drug-likeness (QED) is 0.547. The van der Waals surface area contributed by atoms with Crippen molar-refractivity contribution in [1.82, 2.24) is 4.90 Å². The number of nitrogens with zero attached hydrogens (tertiary/aromatic N) is 1. The molecule has 0 unspecified atom stereocenters. The van der Waals surface area contributed by atoms with Gasteiger partial charge in [-0.2, -0.15) is 0 Å². The van der Waals surface area contributed by atoms with Gasteiger partial charge in [0, 0.05) is 51.9 Å². The third kappa shape index (κ3) is 2.09. The summed E-state index contributed by atoms with van der Waals surface area (Å²) >= 11 is 0. The number of carbonyl (C=O) groups excluding carboxylic acids is 1. The number of likely N-dealkylation sites (N-methyl/N-ethyl adjacent to an activating group) is 1. The lowest BCUT2D eigenvalue weighted by Gasteiger charge is -2.71. The van der Waals surface area contributed by atoms with Crippen LogP contribution in [0, 0.1) is 28.6 Å². The molecule has 5 aliphatic carbocycles. The van der Waals surface area contributed by atoms with Gasteiger partial charge in [0.2, 0.25) is 0 Å². The van der Waals surface area contributed by atoms with Gasteiger partial charge in [-0.3, -0.25) is 9.69 Å². The Hall–Kier alpha value is -0.810. The number of hydrogen-bond donors (Lipinski definition) is 2. The van der Waals surface area contributed by atoms with E-state index in [0.29, 0.717) is 12.8 Å². The lowest BCUT2D eigenvalue weighted by molar-refractivity contribution is -0.332. The number of rotatable bonds is 4. The van der Waals surface area contributed by atoms with E-state index in [4.69, 9.17) is 23.7 Å². The van der Waals surface area contributed by atoms with E-state index in [-0.39, 0.29) is 48.3 Å². The molecule has 0 aromatic carbocycles. The van der Waals surface area contributed by atoms with Gasteiger partial charge in [-0.25, -0.2) is 0 Å². The molecule has 13 atom stereocenters. The minimum absolute atomic E-state index is 0.0311. The first kappa shape index (κ1) is 23.3. The van der Waals surface area contributed by atoms with Crippen LogP contribution in [0.5, 0.6) is 0 Å². The molecule has 2 heterocycles. The van der Waals surface area contributed by atoms with Crippen LogP contribution in [0.3, 0.4) is 0 Å². The van der Waals surface area contributed by atoms with Crippen LogP contribution in [-0.4, -0.2) is 102 Å². The molecule has 196 valence electrons. The molecule has 7 rings (SSSR count). The van der Waals surface area contributed by atoms with E-state index in [9.17, 15) is 15.0 Å². The number of ether oxygens (including phenoxy) is 5. The van der Waals surface area contributed by atoms with Gasteiger partial charge >= 0.3 is 5.97 Å². The van der Waals surface area contributed by atoms with Crippen molar-refractivity contribution in [3.63, 3.8) is 0 Å². The van der Waals surface area contributed by atoms with Crippen molar-refractivity contribution in [3.8, 4) is 0 Å². The van der Waals surface area contributed by atoms with Crippen molar-refractivity contribution in [2.45, 2.75) is 93.7 Å². The van der Waals surface area contributed by atoms with Crippen molar-refractivity contribution in [3.05, 3.63) is 0 Å². The fourth-order valence-corrected chi connectivity index (χ4v) is 11.5. The molecule has 9 nitrogen and oxygen atoms in total. The smallest absolute Gasteiger partial charge is 0.303 e. The molecule has 5 saturated carbocycles. The number of hydrogen-bond acceptors (Lipinski definition) is 9. The lowest BCUT2D eigenvalue weighted by Crippen LogP contribution is -2.85. The second-order valence-electron chi connectivity index (χ2n) is 12.7. The predicted molar refractivity (Wildman–Crippen MR) is 121 cm³/mol. The van der Waals surface area contributed by atoms with Crippen LogP contribution in [-0.2, 0) is 28.5 Å². The highest BCUT2D eigenvalue weighted by Gasteiger charge is 2.97. The number of aliphatic hydroxyl groups excluding tert-OH is 1. The van der Waals surface area contributed by atoms with Crippen LogP contribution < -0.4 is 0 Å². The van der Waals surface area contributed by atoms with Crippen molar-refractivity contribution in [2.75, 3.05) is 34.1 Å². The summed E-state index contributed by atoms with van der Waals surface area (Å²) < 4.78 is 32.1. The first-order valence-electron chi connectivity index (χ1n) is 13.3. The summed E-state index contributed by atoms with van der Waals surface area (Å²) in [4.78, 5) is 15.1. The van der Waals surface area contributed by atoms with Gasteiger partial charge < -0.3 is 33.9 Å². The molecule has 0 aromatic heterocycles. The van der Waals surface area contributed by atoms with Crippen molar-refractivity contribution < 1.29 is 38.7 Å². The summed E-state index contributed by atoms with van der Waals surface area (Å²) in [6, 6.07) is -0.280. The van der Waals surface area contributed by atoms with Crippen molar-refractivity contribution >= 4 is 5.97 Å². The van der Waals surface area contributed by atoms with E-state index in [1.54, 1.807) is 14.2 Å². The summed E-state index contributed by atoms with van der Waals surface area (Å²) in [6.45, 7) is 7.51. The van der Waals surface area contributed by atoms with Gasteiger partial charge in [0.1, 0.15) is 18.5 Å². The first-order chi connectivity index (χ1) is 16.6. The average molecular weight is 494 g/mol. The highest BCUT2D eigenvalue weighted by atomic mass is 16.7. The van der Waals surface area contributed by atoms with Crippen LogP contribution in [0.1, 0.15) is 46.5 Å². The second kappa shape index (κ2) is 6.79. The molecule has 7 bridgehead atoms. The zero-order chi connectivity index (χ0) is 24.8. The number of methoxy groups -OCH3 is 2. The lowest BCUT2D eigenvalue weighted by atomic mass is 9.41. The molecule has 7 aliphatic rings. The van der Waals surface area contributed by atoms with Crippen LogP contribution in [0.2, 0.25) is 0 Å². The van der Waals surface area contributed by atoms with E-state index in [1.807, 2.05) is 0 Å². The summed E-state index contributed by atoms with van der Waals surface area (Å²) in [5.41, 5.74) is -4.30. The maximum Gasteiger partial charge on any atom is 0.303 e. The van der Waals surface area contributed by atoms with Gasteiger partial charge in [-0.05, 0) is 31.2 Å². The molecule has 9 heteroatoms. The summed E-state index contributed by atoms with van der Waals surface area (Å²) in [7, 11) is 3.40. The Bertz CT molecular complexity index is 964. The SMILES string of the molecule is CCN1C[C@]2(C)CC[C@H](OC)[C@]34[C@@H]2[C@H](OC(C)=O)[C@@]2(OCO[C@@]25C[C@H](O)[C@H]2C[C@]3(O)[C@@H]5[C@H]2OC)[C@@H]14. The van der Waals surface area contributed by atoms with Crippen molar-refractivity contribution in [2.24, 2.45) is 28.6 Å². The van der Waals surface area contributed by atoms with Gasteiger partial charge in [-0.15, -0.1) is 0 Å². The van der Waals surface area contributed by atoms with E-state index < -0.39 is 40.3 Å². The summed E-state index contributed by atoms with van der Waals surface area (Å²) in [6.07, 6.45) is 0.473. The van der Waals surface area contributed by atoms with E-state index in [1.165, 1.54) is 6.92 Å². The molecule has 3 spiro atoms. The minimum atomic E-state index is -1.24. The Morgan fingerprint density at radius 1 is 1.17 bits per heavy atom. The van der Waals surface area contributed by atoms with Crippen molar-refractivity contribution in [1.29, 1.82) is 0 Å². The monoisotopic (exact) mass is 493 g/mol. The van der Waals surface area contributed by atoms with Gasteiger partial charge in [-0.1, -0.05) is 13.8 Å². The molecule has 35 heavy (non-hydrogen) atoms. The predicted octanol–water partition coefficient (Wildman–Crippen LogP) is 0.696. The van der Waals surface area contributed by atoms with Crippen LogP contribution >= 0.6 is 0 Å². The largest absolute Gasteiger partial charge is 0.459 e. The third-order valence-electron chi connectivity index (χ3n) is 11.9. The molecule has 2 N–H and O–H groups in total. The molecular weight excluding hydrogens is 454 g/mol. The minimum Gasteiger partial charge on any atom is -0.459 e. The fourth-order valence-electron chi connectivity index (χ4n) is 11.5. The van der Waals surface area contributed by atoms with Crippen LogP contribution in [0.15, 0.2) is 0 Å². The average Bonchev–Trinajstić information content (AvgIpc) is 3.36. The highest BCUT2D eigenvalue weighted by Crippen LogP contribution is 2.83. The maximum atomic E-state index is 13.3. The number of aliphatic hydroxyl groups is 2. The standard InChI is InChI=1S/C26H39NO8/c1-6-27-11-22(3)8-7-16(31-4)25-19(22)20(35-13(2)28)26(21(25)27)24(33-12-34-26)10-15(29)14-9-23(25,30)18(24)17(14)32-5/h14-21,29-30H,6-12H2,1-5H3/t14-,15+,16+,17+,18+,19-,20+,21+,22+,23+,24-,25-,26-/m1/s1. The van der Waals surface area contributed by atoms with Crippen LogP contribution in [0.4, 0.5) is 0 Å². The molecule has 0 radical (unpaired) electrons. The Kier molecular flexibility index (Phi) is 4.52. The normalized spacial score (nSPS) is 61.6. The Morgan fingerprint density at radius 2 is 1.94 bits per heavy atom. The highest BCUT2D eigenvalue weighted by molar-refractivity contribution is 5.67. The fraction of sp³-hybridized carbons (Fsp3) is 0.962. The Labute approximate surface area is 206 Å². The van der Waals surface area contributed by atoms with E-state index in [2.05, 4.69) is 18.7 Å².